The summed E-state index contributed by atoms with van der Waals surface area (Å²) >= 11 is 5.87. The fourth-order valence-electron chi connectivity index (χ4n) is 2.20. The van der Waals surface area contributed by atoms with Crippen LogP contribution >= 0.6 is 11.6 Å². The van der Waals surface area contributed by atoms with Crippen molar-refractivity contribution in [3.63, 3.8) is 0 Å². The third-order valence-corrected chi connectivity index (χ3v) is 3.45. The molecule has 1 aliphatic heterocycles. The molecule has 1 fully saturated rings. The van der Waals surface area contributed by atoms with Gasteiger partial charge in [-0.2, -0.15) is 0 Å². The van der Waals surface area contributed by atoms with Gasteiger partial charge >= 0.3 is 0 Å². The molecule has 2 N–H and O–H groups in total. The molecule has 3 nitrogen and oxygen atoms in total. The second-order valence-corrected chi connectivity index (χ2v) is 4.99. The van der Waals surface area contributed by atoms with Crippen molar-refractivity contribution in [3.8, 4) is 0 Å². The smallest absolute Gasteiger partial charge is 0.131 e. The number of hydrogen-bond donors (Lipinski definition) is 2. The Morgan fingerprint density at radius 3 is 3.06 bits per heavy atom. The minimum Gasteiger partial charge on any atom is -0.388 e. The average molecular weight is 241 g/mol. The van der Waals surface area contributed by atoms with Crippen molar-refractivity contribution in [2.75, 3.05) is 13.1 Å². The van der Waals surface area contributed by atoms with Crippen LogP contribution in [-0.2, 0) is 6.42 Å². The first kappa shape index (κ1) is 11.8. The number of aryl methyl sites for hydroxylation is 1. The number of rotatable bonds is 2. The third kappa shape index (κ3) is 2.73. The Morgan fingerprint density at radius 2 is 2.44 bits per heavy atom. The van der Waals surface area contributed by atoms with Gasteiger partial charge in [-0.1, -0.05) is 17.7 Å². The molecule has 1 aromatic heterocycles. The quantitative estimate of drug-likeness (QED) is 0.774. The van der Waals surface area contributed by atoms with Crippen LogP contribution in [-0.4, -0.2) is 28.8 Å². The fourth-order valence-corrected chi connectivity index (χ4v) is 2.30. The van der Waals surface area contributed by atoms with Gasteiger partial charge in [0.2, 0.25) is 0 Å². The molecule has 0 spiro atoms. The number of hydrogen-bond acceptors (Lipinski definition) is 3. The first-order chi connectivity index (χ1) is 7.59. The number of piperidine rings is 1. The van der Waals surface area contributed by atoms with Crippen molar-refractivity contribution < 1.29 is 5.11 Å². The molecule has 0 saturated carbocycles. The van der Waals surface area contributed by atoms with Gasteiger partial charge in [0.1, 0.15) is 5.15 Å². The molecule has 0 aliphatic carbocycles. The maximum absolute atomic E-state index is 10.4. The van der Waals surface area contributed by atoms with E-state index >= 15 is 0 Å². The molecular weight excluding hydrogens is 224 g/mol. The molecule has 0 bridgehead atoms. The van der Waals surface area contributed by atoms with Crippen LogP contribution in [0, 0.1) is 6.92 Å². The topological polar surface area (TPSA) is 45.1 Å². The summed E-state index contributed by atoms with van der Waals surface area (Å²) in [5, 5.41) is 14.1. The van der Waals surface area contributed by atoms with E-state index in [-0.39, 0.29) is 0 Å². The van der Waals surface area contributed by atoms with E-state index < -0.39 is 5.60 Å². The summed E-state index contributed by atoms with van der Waals surface area (Å²) in [6.07, 6.45) is 4.27. The molecule has 0 aromatic carbocycles. The minimum absolute atomic E-state index is 0.539. The van der Waals surface area contributed by atoms with Crippen LogP contribution in [0.25, 0.3) is 0 Å². The van der Waals surface area contributed by atoms with Crippen LogP contribution in [0.4, 0.5) is 0 Å². The van der Waals surface area contributed by atoms with E-state index in [4.69, 9.17) is 11.6 Å². The van der Waals surface area contributed by atoms with Gasteiger partial charge in [0.05, 0.1) is 5.60 Å². The number of nitrogens with one attached hydrogen (secondary N) is 1. The number of nitrogens with zero attached hydrogens (tertiary/aromatic N) is 1. The molecule has 1 unspecified atom stereocenters. The lowest BCUT2D eigenvalue weighted by Crippen LogP contribution is -2.47. The Kier molecular flexibility index (Phi) is 3.47. The Morgan fingerprint density at radius 1 is 1.62 bits per heavy atom. The summed E-state index contributed by atoms with van der Waals surface area (Å²) in [5.74, 6) is 0. The molecule has 0 radical (unpaired) electrons. The van der Waals surface area contributed by atoms with E-state index in [1.54, 1.807) is 6.20 Å². The van der Waals surface area contributed by atoms with Gasteiger partial charge in [-0.3, -0.25) is 0 Å². The molecule has 88 valence electrons. The van der Waals surface area contributed by atoms with E-state index in [0.29, 0.717) is 18.1 Å². The van der Waals surface area contributed by atoms with Crippen molar-refractivity contribution in [1.82, 2.24) is 10.3 Å². The lowest BCUT2D eigenvalue weighted by Gasteiger charge is -2.32. The molecule has 1 atom stereocenters. The number of pyridine rings is 1. The van der Waals surface area contributed by atoms with Crippen LogP contribution in [0.2, 0.25) is 5.15 Å². The van der Waals surface area contributed by atoms with Crippen LogP contribution < -0.4 is 5.32 Å². The van der Waals surface area contributed by atoms with E-state index in [1.165, 1.54) is 0 Å². The van der Waals surface area contributed by atoms with Gasteiger partial charge in [0.25, 0.3) is 0 Å². The van der Waals surface area contributed by atoms with Crippen LogP contribution in [0.15, 0.2) is 12.3 Å². The molecule has 16 heavy (non-hydrogen) atoms. The van der Waals surface area contributed by atoms with Gasteiger partial charge in [-0.15, -0.1) is 0 Å². The summed E-state index contributed by atoms with van der Waals surface area (Å²) in [7, 11) is 0. The molecule has 1 aromatic rings. The zero-order valence-corrected chi connectivity index (χ0v) is 10.2. The van der Waals surface area contributed by atoms with E-state index in [0.717, 1.165) is 30.5 Å². The lowest BCUT2D eigenvalue weighted by atomic mass is 9.88. The SMILES string of the molecule is Cc1cc(CC2(O)CCCNC2)cnc1Cl. The van der Waals surface area contributed by atoms with Crippen molar-refractivity contribution in [2.24, 2.45) is 0 Å². The third-order valence-electron chi connectivity index (χ3n) is 3.05. The molecule has 1 saturated heterocycles. The monoisotopic (exact) mass is 240 g/mol. The van der Waals surface area contributed by atoms with Gasteiger partial charge in [-0.25, -0.2) is 4.98 Å². The van der Waals surface area contributed by atoms with Gasteiger partial charge < -0.3 is 10.4 Å². The van der Waals surface area contributed by atoms with E-state index in [9.17, 15) is 5.11 Å². The summed E-state index contributed by atoms with van der Waals surface area (Å²) in [6, 6.07) is 2.00. The van der Waals surface area contributed by atoms with Crippen molar-refractivity contribution >= 4 is 11.6 Å². The van der Waals surface area contributed by atoms with Gasteiger partial charge in [0.15, 0.2) is 0 Å². The van der Waals surface area contributed by atoms with Gasteiger partial charge in [0, 0.05) is 19.2 Å². The van der Waals surface area contributed by atoms with E-state index in [2.05, 4.69) is 10.3 Å². The zero-order valence-electron chi connectivity index (χ0n) is 9.46. The normalized spacial score (nSPS) is 25.7. The Labute approximate surface area is 101 Å². The van der Waals surface area contributed by atoms with Crippen molar-refractivity contribution in [1.29, 1.82) is 0 Å². The highest BCUT2D eigenvalue weighted by molar-refractivity contribution is 6.30. The van der Waals surface area contributed by atoms with Crippen LogP contribution in [0.1, 0.15) is 24.0 Å². The van der Waals surface area contributed by atoms with Crippen molar-refractivity contribution in [3.05, 3.63) is 28.5 Å². The fraction of sp³-hybridized carbons (Fsp3) is 0.583. The summed E-state index contributed by atoms with van der Waals surface area (Å²) in [5.41, 5.74) is 1.39. The van der Waals surface area contributed by atoms with Crippen LogP contribution in [0.3, 0.4) is 0 Å². The molecule has 0 amide bonds. The summed E-state index contributed by atoms with van der Waals surface area (Å²) in [4.78, 5) is 4.11. The van der Waals surface area contributed by atoms with E-state index in [1.807, 2.05) is 13.0 Å². The standard InChI is InChI=1S/C12H17ClN2O/c1-9-5-10(7-15-11(9)13)6-12(16)3-2-4-14-8-12/h5,7,14,16H,2-4,6,8H2,1H3. The number of halogens is 1. The molecule has 1 aliphatic rings. The first-order valence-corrected chi connectivity index (χ1v) is 6.01. The minimum atomic E-state index is -0.625. The predicted molar refractivity (Wildman–Crippen MR) is 64.7 cm³/mol. The van der Waals surface area contributed by atoms with Crippen molar-refractivity contribution in [2.45, 2.75) is 31.8 Å². The Bertz CT molecular complexity index is 375. The predicted octanol–water partition coefficient (Wildman–Crippen LogP) is 1.70. The second-order valence-electron chi connectivity index (χ2n) is 4.63. The second kappa shape index (κ2) is 4.70. The number of β-amino-alcohol motifs (C(OH)–C–C–N with tert-alkyl or cyclic N) is 1. The zero-order chi connectivity index (χ0) is 11.6. The highest BCUT2D eigenvalue weighted by atomic mass is 35.5. The average Bonchev–Trinajstić information content (AvgIpc) is 2.24. The molecule has 4 heteroatoms. The highest BCUT2D eigenvalue weighted by Crippen LogP contribution is 2.22. The molecular formula is C12H17ClN2O. The number of aliphatic hydroxyl groups is 1. The summed E-state index contributed by atoms with van der Waals surface area (Å²) in [6.45, 7) is 3.59. The first-order valence-electron chi connectivity index (χ1n) is 5.63. The number of aromatic nitrogens is 1. The maximum atomic E-state index is 10.4. The Hall–Kier alpha value is -0.640. The maximum Gasteiger partial charge on any atom is 0.131 e. The highest BCUT2D eigenvalue weighted by Gasteiger charge is 2.29. The largest absolute Gasteiger partial charge is 0.388 e. The van der Waals surface area contributed by atoms with Gasteiger partial charge in [-0.05, 0) is 37.4 Å². The summed E-state index contributed by atoms with van der Waals surface area (Å²) < 4.78 is 0. The molecule has 2 heterocycles. The lowest BCUT2D eigenvalue weighted by molar-refractivity contribution is 0.0169. The van der Waals surface area contributed by atoms with Crippen LogP contribution in [0.5, 0.6) is 0 Å². The Balaban J connectivity index is 2.10. The molecule has 2 rings (SSSR count).